The Morgan fingerprint density at radius 1 is 1.35 bits per heavy atom. The Labute approximate surface area is 135 Å². The Morgan fingerprint density at radius 2 is 2.00 bits per heavy atom. The van der Waals surface area contributed by atoms with Crippen molar-refractivity contribution in [2.45, 2.75) is 19.8 Å². The third kappa shape index (κ3) is 4.52. The van der Waals surface area contributed by atoms with E-state index in [1.165, 1.54) is 0 Å². The predicted molar refractivity (Wildman–Crippen MR) is 86.3 cm³/mol. The van der Waals surface area contributed by atoms with E-state index in [1.807, 2.05) is 0 Å². The molecule has 20 heavy (non-hydrogen) atoms. The van der Waals surface area contributed by atoms with Gasteiger partial charge in [-0.2, -0.15) is 0 Å². The van der Waals surface area contributed by atoms with Crippen LogP contribution in [-0.4, -0.2) is 25.5 Å². The first-order chi connectivity index (χ1) is 9.00. The number of amides is 1. The molecule has 0 atom stereocenters. The summed E-state index contributed by atoms with van der Waals surface area (Å²) in [6.45, 7) is 4.87. The Balaban J connectivity index is 0.00000200. The van der Waals surface area contributed by atoms with E-state index in [2.05, 4.69) is 17.6 Å². The number of benzene rings is 1. The third-order valence-electron chi connectivity index (χ3n) is 3.66. The standard InChI is InChI=1S/C14H18Cl2N2O.ClH/c1-14(4-6-17-7-5-14)9-18-13(19)11-8-10(15)2-3-12(11)16;/h2-3,8,17H,4-7,9H2,1H3,(H,18,19);1H. The van der Waals surface area contributed by atoms with Gasteiger partial charge in [-0.3, -0.25) is 4.79 Å². The van der Waals surface area contributed by atoms with Gasteiger partial charge < -0.3 is 10.6 Å². The summed E-state index contributed by atoms with van der Waals surface area (Å²) >= 11 is 11.9. The van der Waals surface area contributed by atoms with Gasteiger partial charge in [-0.15, -0.1) is 12.4 Å². The first kappa shape index (κ1) is 17.6. The molecular formula is C14H19Cl3N2O. The molecule has 1 saturated heterocycles. The zero-order valence-electron chi connectivity index (χ0n) is 11.3. The van der Waals surface area contributed by atoms with Crippen molar-refractivity contribution < 1.29 is 4.79 Å². The van der Waals surface area contributed by atoms with Gasteiger partial charge in [0.2, 0.25) is 0 Å². The summed E-state index contributed by atoms with van der Waals surface area (Å²) in [5, 5.41) is 7.24. The number of rotatable bonds is 3. The van der Waals surface area contributed by atoms with Gasteiger partial charge in [0, 0.05) is 11.6 Å². The molecule has 3 nitrogen and oxygen atoms in total. The van der Waals surface area contributed by atoms with Gasteiger partial charge in [0.25, 0.3) is 5.91 Å². The molecule has 1 aromatic carbocycles. The number of piperidine rings is 1. The van der Waals surface area contributed by atoms with Crippen molar-refractivity contribution in [3.05, 3.63) is 33.8 Å². The molecule has 6 heteroatoms. The minimum Gasteiger partial charge on any atom is -0.351 e. The predicted octanol–water partition coefficient (Wildman–Crippen LogP) is 3.53. The zero-order chi connectivity index (χ0) is 13.9. The van der Waals surface area contributed by atoms with Crippen LogP contribution in [-0.2, 0) is 0 Å². The van der Waals surface area contributed by atoms with Gasteiger partial charge in [-0.05, 0) is 49.5 Å². The smallest absolute Gasteiger partial charge is 0.252 e. The van der Waals surface area contributed by atoms with Crippen molar-refractivity contribution in [1.82, 2.24) is 10.6 Å². The third-order valence-corrected chi connectivity index (χ3v) is 4.22. The maximum absolute atomic E-state index is 12.1. The van der Waals surface area contributed by atoms with Crippen molar-refractivity contribution in [2.24, 2.45) is 5.41 Å². The van der Waals surface area contributed by atoms with E-state index in [0.29, 0.717) is 22.2 Å². The summed E-state index contributed by atoms with van der Waals surface area (Å²) in [7, 11) is 0. The van der Waals surface area contributed by atoms with Gasteiger partial charge in [0.05, 0.1) is 10.6 Å². The normalized spacial score (nSPS) is 17.1. The fraction of sp³-hybridized carbons (Fsp3) is 0.500. The van der Waals surface area contributed by atoms with Crippen LogP contribution in [0.3, 0.4) is 0 Å². The van der Waals surface area contributed by atoms with Gasteiger partial charge in [-0.25, -0.2) is 0 Å². The second-order valence-electron chi connectivity index (χ2n) is 5.37. The number of halogens is 3. The summed E-state index contributed by atoms with van der Waals surface area (Å²) in [6, 6.07) is 4.92. The van der Waals surface area contributed by atoms with Crippen molar-refractivity contribution in [3.8, 4) is 0 Å². The highest BCUT2D eigenvalue weighted by Crippen LogP contribution is 2.27. The molecule has 2 rings (SSSR count). The van der Waals surface area contributed by atoms with Gasteiger partial charge >= 0.3 is 0 Å². The molecule has 1 amide bonds. The number of carbonyl (C=O) groups excluding carboxylic acids is 1. The molecule has 0 bridgehead atoms. The highest BCUT2D eigenvalue weighted by molar-refractivity contribution is 6.35. The van der Waals surface area contributed by atoms with Crippen molar-refractivity contribution in [2.75, 3.05) is 19.6 Å². The number of nitrogens with one attached hydrogen (secondary N) is 2. The Kier molecular flexibility index (Phi) is 6.59. The fourth-order valence-electron chi connectivity index (χ4n) is 2.27. The molecule has 0 unspecified atom stereocenters. The fourth-order valence-corrected chi connectivity index (χ4v) is 2.64. The summed E-state index contributed by atoms with van der Waals surface area (Å²) in [4.78, 5) is 12.1. The molecule has 0 radical (unpaired) electrons. The van der Waals surface area contributed by atoms with Crippen molar-refractivity contribution in [1.29, 1.82) is 0 Å². The molecule has 0 spiro atoms. The first-order valence-electron chi connectivity index (χ1n) is 6.44. The summed E-state index contributed by atoms with van der Waals surface area (Å²) in [6.07, 6.45) is 2.13. The second kappa shape index (κ2) is 7.51. The zero-order valence-corrected chi connectivity index (χ0v) is 13.7. The van der Waals surface area contributed by atoms with E-state index < -0.39 is 0 Å². The minimum absolute atomic E-state index is 0. The van der Waals surface area contributed by atoms with E-state index in [1.54, 1.807) is 18.2 Å². The van der Waals surface area contributed by atoms with Crippen LogP contribution in [0, 0.1) is 5.41 Å². The maximum atomic E-state index is 12.1. The minimum atomic E-state index is -0.160. The molecule has 1 aliphatic heterocycles. The second-order valence-corrected chi connectivity index (χ2v) is 6.21. The van der Waals surface area contributed by atoms with Crippen LogP contribution in [0.25, 0.3) is 0 Å². The summed E-state index contributed by atoms with van der Waals surface area (Å²) in [5.74, 6) is -0.160. The van der Waals surface area contributed by atoms with Crippen LogP contribution in [0.4, 0.5) is 0 Å². The number of carbonyl (C=O) groups is 1. The SMILES string of the molecule is CC1(CNC(=O)c2cc(Cl)ccc2Cl)CCNCC1.Cl. The molecule has 0 aliphatic carbocycles. The molecular weight excluding hydrogens is 319 g/mol. The van der Waals surface area contributed by atoms with Gasteiger partial charge in [0.1, 0.15) is 0 Å². The topological polar surface area (TPSA) is 41.1 Å². The molecule has 1 aliphatic rings. The summed E-state index contributed by atoms with van der Waals surface area (Å²) < 4.78 is 0. The maximum Gasteiger partial charge on any atom is 0.252 e. The number of hydrogen-bond donors (Lipinski definition) is 2. The highest BCUT2D eigenvalue weighted by Gasteiger charge is 2.27. The van der Waals surface area contributed by atoms with E-state index >= 15 is 0 Å². The Bertz CT molecular complexity index is 473. The largest absolute Gasteiger partial charge is 0.351 e. The van der Waals surface area contributed by atoms with Crippen LogP contribution < -0.4 is 10.6 Å². The van der Waals surface area contributed by atoms with Gasteiger partial charge in [0.15, 0.2) is 0 Å². The Hall–Kier alpha value is -0.480. The molecule has 1 aromatic rings. The molecule has 1 fully saturated rings. The van der Waals surface area contributed by atoms with E-state index in [9.17, 15) is 4.79 Å². The van der Waals surface area contributed by atoms with E-state index in [-0.39, 0.29) is 23.7 Å². The van der Waals surface area contributed by atoms with Crippen LogP contribution in [0.5, 0.6) is 0 Å². The van der Waals surface area contributed by atoms with Crippen LogP contribution in [0.1, 0.15) is 30.1 Å². The van der Waals surface area contributed by atoms with Crippen LogP contribution >= 0.6 is 35.6 Å². The molecule has 1 heterocycles. The lowest BCUT2D eigenvalue weighted by molar-refractivity contribution is 0.0922. The van der Waals surface area contributed by atoms with Crippen molar-refractivity contribution in [3.63, 3.8) is 0 Å². The van der Waals surface area contributed by atoms with Crippen LogP contribution in [0.2, 0.25) is 10.0 Å². The monoisotopic (exact) mass is 336 g/mol. The van der Waals surface area contributed by atoms with E-state index in [0.717, 1.165) is 25.9 Å². The summed E-state index contributed by atoms with van der Waals surface area (Å²) in [5.41, 5.74) is 0.595. The highest BCUT2D eigenvalue weighted by atomic mass is 35.5. The molecule has 2 N–H and O–H groups in total. The Morgan fingerprint density at radius 3 is 2.65 bits per heavy atom. The van der Waals surface area contributed by atoms with E-state index in [4.69, 9.17) is 23.2 Å². The quantitative estimate of drug-likeness (QED) is 0.886. The molecule has 0 aromatic heterocycles. The van der Waals surface area contributed by atoms with Crippen molar-refractivity contribution >= 4 is 41.5 Å². The van der Waals surface area contributed by atoms with Gasteiger partial charge in [-0.1, -0.05) is 30.1 Å². The first-order valence-corrected chi connectivity index (χ1v) is 7.20. The lowest BCUT2D eigenvalue weighted by atomic mass is 9.81. The van der Waals surface area contributed by atoms with Crippen LogP contribution in [0.15, 0.2) is 18.2 Å². The number of hydrogen-bond acceptors (Lipinski definition) is 2. The lowest BCUT2D eigenvalue weighted by Gasteiger charge is -2.34. The average molecular weight is 338 g/mol. The molecule has 0 saturated carbocycles. The molecule has 112 valence electrons. The lowest BCUT2D eigenvalue weighted by Crippen LogP contribution is -2.42. The average Bonchev–Trinajstić information content (AvgIpc) is 2.40.